The maximum Gasteiger partial charge on any atom is 0.127 e. The molecule has 3 nitrogen and oxygen atoms in total. The summed E-state index contributed by atoms with van der Waals surface area (Å²) in [6, 6.07) is 2.48. The number of pyridine rings is 1. The summed E-state index contributed by atoms with van der Waals surface area (Å²) in [5.74, 6) is 1.49. The van der Waals surface area contributed by atoms with Crippen LogP contribution in [0.25, 0.3) is 0 Å². The van der Waals surface area contributed by atoms with Crippen molar-refractivity contribution in [3.05, 3.63) is 23.5 Å². The van der Waals surface area contributed by atoms with Gasteiger partial charge in [0.2, 0.25) is 0 Å². The first kappa shape index (κ1) is 14.0. The fourth-order valence-electron chi connectivity index (χ4n) is 1.40. The Labute approximate surface area is 105 Å². The van der Waals surface area contributed by atoms with E-state index in [1.54, 1.807) is 0 Å². The summed E-state index contributed by atoms with van der Waals surface area (Å²) in [6.07, 6.45) is 1.90. The Morgan fingerprint density at radius 2 is 2.00 bits per heavy atom. The standard InChI is InChI=1S/C14H24N2O/c1-10(2)9-17-14-6-12(5)16-8-13(14)7-15-11(3)4/h6,8,10-11,15H,7,9H2,1-5H3. The van der Waals surface area contributed by atoms with E-state index in [0.29, 0.717) is 12.0 Å². The van der Waals surface area contributed by atoms with Gasteiger partial charge in [0.1, 0.15) is 5.75 Å². The fraction of sp³-hybridized carbons (Fsp3) is 0.643. The second kappa shape index (κ2) is 6.60. The molecular formula is C14H24N2O. The number of nitrogens with one attached hydrogen (secondary N) is 1. The molecule has 0 aromatic carbocycles. The van der Waals surface area contributed by atoms with Gasteiger partial charge in [-0.25, -0.2) is 0 Å². The van der Waals surface area contributed by atoms with Crippen molar-refractivity contribution in [3.63, 3.8) is 0 Å². The van der Waals surface area contributed by atoms with Crippen LogP contribution < -0.4 is 10.1 Å². The third-order valence-corrected chi connectivity index (χ3v) is 2.35. The van der Waals surface area contributed by atoms with Gasteiger partial charge in [0.05, 0.1) is 6.61 Å². The van der Waals surface area contributed by atoms with Gasteiger partial charge < -0.3 is 10.1 Å². The van der Waals surface area contributed by atoms with E-state index in [9.17, 15) is 0 Å². The Kier molecular flexibility index (Phi) is 5.42. The van der Waals surface area contributed by atoms with Gasteiger partial charge in [0.15, 0.2) is 0 Å². The predicted octanol–water partition coefficient (Wildman–Crippen LogP) is 2.92. The summed E-state index contributed by atoms with van der Waals surface area (Å²) < 4.78 is 5.83. The molecule has 0 aliphatic carbocycles. The number of hydrogen-bond donors (Lipinski definition) is 1. The van der Waals surface area contributed by atoms with E-state index in [0.717, 1.165) is 30.2 Å². The lowest BCUT2D eigenvalue weighted by atomic mass is 10.2. The lowest BCUT2D eigenvalue weighted by Gasteiger charge is -2.15. The van der Waals surface area contributed by atoms with Gasteiger partial charge >= 0.3 is 0 Å². The first-order chi connectivity index (χ1) is 7.99. The highest BCUT2D eigenvalue weighted by Crippen LogP contribution is 2.19. The topological polar surface area (TPSA) is 34.1 Å². The lowest BCUT2D eigenvalue weighted by Crippen LogP contribution is -2.22. The summed E-state index contributed by atoms with van der Waals surface area (Å²) in [5, 5.41) is 3.39. The second-order valence-electron chi connectivity index (χ2n) is 5.17. The maximum atomic E-state index is 5.83. The van der Waals surface area contributed by atoms with E-state index in [1.807, 2.05) is 19.2 Å². The van der Waals surface area contributed by atoms with E-state index in [2.05, 4.69) is 38.0 Å². The molecule has 3 heteroatoms. The van der Waals surface area contributed by atoms with Gasteiger partial charge in [-0.3, -0.25) is 4.98 Å². The van der Waals surface area contributed by atoms with Gasteiger partial charge in [0, 0.05) is 36.1 Å². The van der Waals surface area contributed by atoms with Crippen molar-refractivity contribution in [2.24, 2.45) is 5.92 Å². The number of aromatic nitrogens is 1. The molecule has 0 bridgehead atoms. The number of hydrogen-bond acceptors (Lipinski definition) is 3. The fourth-order valence-corrected chi connectivity index (χ4v) is 1.40. The first-order valence-electron chi connectivity index (χ1n) is 6.30. The molecule has 1 N–H and O–H groups in total. The molecule has 0 fully saturated rings. The van der Waals surface area contributed by atoms with Crippen LogP contribution in [0.3, 0.4) is 0 Å². The van der Waals surface area contributed by atoms with Gasteiger partial charge in [-0.2, -0.15) is 0 Å². The van der Waals surface area contributed by atoms with Crippen LogP contribution in [-0.2, 0) is 6.54 Å². The molecule has 0 amide bonds. The zero-order valence-corrected chi connectivity index (χ0v) is 11.6. The third-order valence-electron chi connectivity index (χ3n) is 2.35. The highest BCUT2D eigenvalue weighted by Gasteiger charge is 2.06. The van der Waals surface area contributed by atoms with E-state index in [4.69, 9.17) is 4.74 Å². The summed E-state index contributed by atoms with van der Waals surface area (Å²) in [7, 11) is 0. The van der Waals surface area contributed by atoms with Crippen molar-refractivity contribution in [1.29, 1.82) is 0 Å². The first-order valence-corrected chi connectivity index (χ1v) is 6.30. The highest BCUT2D eigenvalue weighted by atomic mass is 16.5. The summed E-state index contributed by atoms with van der Waals surface area (Å²) in [4.78, 5) is 4.32. The molecule has 0 atom stereocenters. The number of aryl methyl sites for hydroxylation is 1. The van der Waals surface area contributed by atoms with Gasteiger partial charge in [-0.1, -0.05) is 27.7 Å². The molecule has 0 aliphatic heterocycles. The Morgan fingerprint density at radius 3 is 2.59 bits per heavy atom. The minimum Gasteiger partial charge on any atom is -0.493 e. The second-order valence-corrected chi connectivity index (χ2v) is 5.17. The van der Waals surface area contributed by atoms with Crippen molar-refractivity contribution in [2.45, 2.75) is 47.2 Å². The SMILES string of the molecule is Cc1cc(OCC(C)C)c(CNC(C)C)cn1. The van der Waals surface area contributed by atoms with Gasteiger partial charge in [-0.15, -0.1) is 0 Å². The average Bonchev–Trinajstić information content (AvgIpc) is 2.24. The van der Waals surface area contributed by atoms with Crippen molar-refractivity contribution in [1.82, 2.24) is 10.3 Å². The van der Waals surface area contributed by atoms with E-state index >= 15 is 0 Å². The quantitative estimate of drug-likeness (QED) is 0.824. The Bertz CT molecular complexity index is 348. The summed E-state index contributed by atoms with van der Waals surface area (Å²) in [5.41, 5.74) is 2.13. The van der Waals surface area contributed by atoms with Crippen LogP contribution in [0.4, 0.5) is 0 Å². The summed E-state index contributed by atoms with van der Waals surface area (Å²) >= 11 is 0. The highest BCUT2D eigenvalue weighted by molar-refractivity contribution is 5.32. The van der Waals surface area contributed by atoms with Gasteiger partial charge in [0.25, 0.3) is 0 Å². The third kappa shape index (κ3) is 5.18. The molecule has 0 saturated carbocycles. The minimum atomic E-state index is 0.467. The Balaban J connectivity index is 2.72. The molecule has 1 rings (SSSR count). The Morgan fingerprint density at radius 1 is 1.29 bits per heavy atom. The number of ether oxygens (including phenoxy) is 1. The van der Waals surface area contributed by atoms with Crippen LogP contribution in [0, 0.1) is 12.8 Å². The molecule has 17 heavy (non-hydrogen) atoms. The van der Waals surface area contributed by atoms with Crippen LogP contribution in [0.5, 0.6) is 5.75 Å². The van der Waals surface area contributed by atoms with E-state index in [1.165, 1.54) is 0 Å². The zero-order valence-electron chi connectivity index (χ0n) is 11.6. The molecule has 0 unspecified atom stereocenters. The van der Waals surface area contributed by atoms with E-state index in [-0.39, 0.29) is 0 Å². The van der Waals surface area contributed by atoms with Crippen LogP contribution in [0.15, 0.2) is 12.3 Å². The normalized spacial score (nSPS) is 11.2. The maximum absolute atomic E-state index is 5.83. The van der Waals surface area contributed by atoms with Crippen molar-refractivity contribution in [2.75, 3.05) is 6.61 Å². The molecule has 0 radical (unpaired) electrons. The lowest BCUT2D eigenvalue weighted by molar-refractivity contribution is 0.267. The van der Waals surface area contributed by atoms with Crippen LogP contribution in [0.1, 0.15) is 39.0 Å². The Hall–Kier alpha value is -1.09. The van der Waals surface area contributed by atoms with Crippen molar-refractivity contribution in [3.8, 4) is 5.75 Å². The average molecular weight is 236 g/mol. The van der Waals surface area contributed by atoms with Crippen LogP contribution in [0.2, 0.25) is 0 Å². The molecule has 0 aliphatic rings. The van der Waals surface area contributed by atoms with Crippen molar-refractivity contribution >= 4 is 0 Å². The molecular weight excluding hydrogens is 212 g/mol. The monoisotopic (exact) mass is 236 g/mol. The largest absolute Gasteiger partial charge is 0.493 e. The molecule has 1 heterocycles. The smallest absolute Gasteiger partial charge is 0.127 e. The molecule has 0 spiro atoms. The van der Waals surface area contributed by atoms with Crippen molar-refractivity contribution < 1.29 is 4.74 Å². The summed E-state index contributed by atoms with van der Waals surface area (Å²) in [6.45, 7) is 12.1. The number of rotatable bonds is 6. The zero-order chi connectivity index (χ0) is 12.8. The predicted molar refractivity (Wildman–Crippen MR) is 71.3 cm³/mol. The molecule has 96 valence electrons. The van der Waals surface area contributed by atoms with Crippen LogP contribution >= 0.6 is 0 Å². The minimum absolute atomic E-state index is 0.467. The molecule has 1 aromatic rings. The molecule has 0 saturated heterocycles. The number of nitrogens with zero attached hydrogens (tertiary/aromatic N) is 1. The van der Waals surface area contributed by atoms with E-state index < -0.39 is 0 Å². The van der Waals surface area contributed by atoms with Gasteiger partial charge in [-0.05, 0) is 12.8 Å². The van der Waals surface area contributed by atoms with Crippen LogP contribution in [-0.4, -0.2) is 17.6 Å². The molecule has 1 aromatic heterocycles.